The van der Waals surface area contributed by atoms with Crippen molar-refractivity contribution in [1.29, 1.82) is 0 Å². The van der Waals surface area contributed by atoms with Gasteiger partial charge in [-0.3, -0.25) is 14.8 Å². The van der Waals surface area contributed by atoms with Crippen LogP contribution in [0.3, 0.4) is 0 Å². The number of anilines is 1. The van der Waals surface area contributed by atoms with Crippen molar-refractivity contribution < 1.29 is 9.53 Å². The molecule has 0 radical (unpaired) electrons. The zero-order chi connectivity index (χ0) is 19.7. The molecule has 4 heterocycles. The second kappa shape index (κ2) is 7.10. The van der Waals surface area contributed by atoms with Crippen LogP contribution in [-0.2, 0) is 11.3 Å². The first-order valence-electron chi connectivity index (χ1n) is 8.70. The Kier molecular flexibility index (Phi) is 4.48. The molecule has 4 aromatic rings. The smallest absolute Gasteiger partial charge is 0.249 e. The van der Waals surface area contributed by atoms with Crippen molar-refractivity contribution in [2.24, 2.45) is 0 Å². The lowest BCUT2D eigenvalue weighted by atomic mass is 10.1. The molecular formula is C19H19N7O2. The molecule has 0 bridgehead atoms. The molecule has 28 heavy (non-hydrogen) atoms. The van der Waals surface area contributed by atoms with E-state index in [0.717, 1.165) is 22.5 Å². The Morgan fingerprint density at radius 3 is 2.82 bits per heavy atom. The van der Waals surface area contributed by atoms with E-state index < -0.39 is 0 Å². The van der Waals surface area contributed by atoms with Gasteiger partial charge in [-0.05, 0) is 44.2 Å². The third-order valence-electron chi connectivity index (χ3n) is 4.25. The number of carbonyl (C=O) groups excluding carboxylic acids is 1. The van der Waals surface area contributed by atoms with Gasteiger partial charge in [-0.2, -0.15) is 10.1 Å². The van der Waals surface area contributed by atoms with Gasteiger partial charge in [-0.15, -0.1) is 5.10 Å². The zero-order valence-corrected chi connectivity index (χ0v) is 15.7. The molecule has 0 aliphatic carbocycles. The van der Waals surface area contributed by atoms with E-state index in [-0.39, 0.29) is 18.4 Å². The Labute approximate surface area is 161 Å². The van der Waals surface area contributed by atoms with Gasteiger partial charge in [0, 0.05) is 29.2 Å². The second-order valence-electron chi connectivity index (χ2n) is 6.35. The van der Waals surface area contributed by atoms with Crippen LogP contribution in [0, 0.1) is 13.8 Å². The predicted molar refractivity (Wildman–Crippen MR) is 103 cm³/mol. The monoisotopic (exact) mass is 377 g/mol. The fraction of sp³-hybridized carbons (Fsp3) is 0.211. The van der Waals surface area contributed by atoms with Crippen molar-refractivity contribution in [3.63, 3.8) is 0 Å². The largest absolute Gasteiger partial charge is 0.481 e. The van der Waals surface area contributed by atoms with E-state index in [1.807, 2.05) is 50.4 Å². The van der Waals surface area contributed by atoms with Crippen molar-refractivity contribution in [1.82, 2.24) is 29.4 Å². The fourth-order valence-electron chi connectivity index (χ4n) is 3.00. The summed E-state index contributed by atoms with van der Waals surface area (Å²) < 4.78 is 8.57. The minimum atomic E-state index is -0.240. The second-order valence-corrected chi connectivity index (χ2v) is 6.35. The van der Waals surface area contributed by atoms with Crippen LogP contribution >= 0.6 is 0 Å². The Bertz CT molecular complexity index is 1160. The lowest BCUT2D eigenvalue weighted by Gasteiger charge is -2.06. The van der Waals surface area contributed by atoms with E-state index in [2.05, 4.69) is 25.5 Å². The molecule has 1 amide bonds. The molecule has 0 aliphatic rings. The minimum absolute atomic E-state index is 0.105. The number of hydrogen-bond donors (Lipinski definition) is 1. The standard InChI is InChI=1S/C19H19N7O2/c1-12-9-13(2)25(23-12)11-17(27)22-19-21-16-7-6-14(10-26(16)24-19)15-5-4-8-20-18(15)28-3/h4-10H,11H2,1-3H3,(H,22,24,27). The molecule has 0 saturated carbocycles. The number of aromatic nitrogens is 6. The summed E-state index contributed by atoms with van der Waals surface area (Å²) in [5.41, 5.74) is 4.13. The molecule has 142 valence electrons. The topological polar surface area (TPSA) is 99.2 Å². The van der Waals surface area contributed by atoms with Crippen LogP contribution in [0.5, 0.6) is 5.88 Å². The van der Waals surface area contributed by atoms with E-state index >= 15 is 0 Å². The molecule has 0 unspecified atom stereocenters. The molecule has 0 fully saturated rings. The molecule has 1 N–H and O–H groups in total. The summed E-state index contributed by atoms with van der Waals surface area (Å²) in [7, 11) is 1.58. The highest BCUT2D eigenvalue weighted by Crippen LogP contribution is 2.27. The lowest BCUT2D eigenvalue weighted by Crippen LogP contribution is -2.21. The Balaban J connectivity index is 1.56. The van der Waals surface area contributed by atoms with E-state index in [0.29, 0.717) is 11.5 Å². The van der Waals surface area contributed by atoms with Crippen LogP contribution in [0.1, 0.15) is 11.4 Å². The van der Waals surface area contributed by atoms with Crippen molar-refractivity contribution in [3.05, 3.63) is 54.1 Å². The molecule has 9 heteroatoms. The number of hydrogen-bond acceptors (Lipinski definition) is 6. The minimum Gasteiger partial charge on any atom is -0.481 e. The molecule has 4 rings (SSSR count). The van der Waals surface area contributed by atoms with Gasteiger partial charge in [-0.1, -0.05) is 0 Å². The number of methoxy groups -OCH3 is 1. The number of carbonyl (C=O) groups is 1. The van der Waals surface area contributed by atoms with Crippen LogP contribution in [0.4, 0.5) is 5.95 Å². The SMILES string of the molecule is COc1ncccc1-c1ccc2nc(NC(=O)Cn3nc(C)cc3C)nn2c1. The van der Waals surface area contributed by atoms with Gasteiger partial charge >= 0.3 is 0 Å². The van der Waals surface area contributed by atoms with E-state index in [1.165, 1.54) is 0 Å². The van der Waals surface area contributed by atoms with Gasteiger partial charge in [0.15, 0.2) is 5.65 Å². The highest BCUT2D eigenvalue weighted by atomic mass is 16.5. The van der Waals surface area contributed by atoms with Crippen LogP contribution < -0.4 is 10.1 Å². The van der Waals surface area contributed by atoms with Crippen molar-refractivity contribution in [2.75, 3.05) is 12.4 Å². The maximum absolute atomic E-state index is 12.3. The van der Waals surface area contributed by atoms with Gasteiger partial charge < -0.3 is 4.74 Å². The molecular weight excluding hydrogens is 358 g/mol. The maximum atomic E-state index is 12.3. The summed E-state index contributed by atoms with van der Waals surface area (Å²) in [6, 6.07) is 9.41. The zero-order valence-electron chi connectivity index (χ0n) is 15.7. The van der Waals surface area contributed by atoms with Crippen LogP contribution in [0.15, 0.2) is 42.7 Å². The van der Waals surface area contributed by atoms with E-state index in [4.69, 9.17) is 4.74 Å². The summed E-state index contributed by atoms with van der Waals surface area (Å²) in [6.07, 6.45) is 3.49. The first-order chi connectivity index (χ1) is 13.5. The van der Waals surface area contributed by atoms with E-state index in [1.54, 1.807) is 22.5 Å². The van der Waals surface area contributed by atoms with Gasteiger partial charge in [0.25, 0.3) is 0 Å². The van der Waals surface area contributed by atoms with Crippen LogP contribution in [-0.4, -0.2) is 42.4 Å². The van der Waals surface area contributed by atoms with Crippen molar-refractivity contribution in [3.8, 4) is 17.0 Å². The van der Waals surface area contributed by atoms with Crippen LogP contribution in [0.2, 0.25) is 0 Å². The average Bonchev–Trinajstić information content (AvgIpc) is 3.22. The summed E-state index contributed by atoms with van der Waals surface area (Å²) in [5, 5.41) is 11.4. The first kappa shape index (κ1) is 17.7. The average molecular weight is 377 g/mol. The molecule has 0 aliphatic heterocycles. The van der Waals surface area contributed by atoms with Crippen molar-refractivity contribution >= 4 is 17.5 Å². The third-order valence-corrected chi connectivity index (χ3v) is 4.25. The number of ether oxygens (including phenoxy) is 1. The third kappa shape index (κ3) is 3.41. The Morgan fingerprint density at radius 2 is 2.07 bits per heavy atom. The fourth-order valence-corrected chi connectivity index (χ4v) is 3.00. The van der Waals surface area contributed by atoms with Gasteiger partial charge in [-0.25, -0.2) is 9.50 Å². The number of fused-ring (bicyclic) bond motifs is 1. The Morgan fingerprint density at radius 1 is 1.21 bits per heavy atom. The molecule has 4 aromatic heterocycles. The number of nitrogens with zero attached hydrogens (tertiary/aromatic N) is 6. The highest BCUT2D eigenvalue weighted by molar-refractivity contribution is 5.89. The van der Waals surface area contributed by atoms with Gasteiger partial charge in [0.05, 0.1) is 12.8 Å². The predicted octanol–water partition coefficient (Wildman–Crippen LogP) is 2.25. The Hall–Kier alpha value is -3.75. The van der Waals surface area contributed by atoms with E-state index in [9.17, 15) is 4.79 Å². The molecule has 0 spiro atoms. The summed E-state index contributed by atoms with van der Waals surface area (Å²) >= 11 is 0. The quantitative estimate of drug-likeness (QED) is 0.573. The molecule has 0 aromatic carbocycles. The highest BCUT2D eigenvalue weighted by Gasteiger charge is 2.12. The van der Waals surface area contributed by atoms with Crippen molar-refractivity contribution in [2.45, 2.75) is 20.4 Å². The summed E-state index contributed by atoms with van der Waals surface area (Å²) in [5.74, 6) is 0.526. The lowest BCUT2D eigenvalue weighted by molar-refractivity contribution is -0.117. The summed E-state index contributed by atoms with van der Waals surface area (Å²) in [6.45, 7) is 3.90. The number of aryl methyl sites for hydroxylation is 2. The number of rotatable bonds is 5. The number of amides is 1. The first-order valence-corrected chi connectivity index (χ1v) is 8.70. The normalized spacial score (nSPS) is 11.0. The number of nitrogens with one attached hydrogen (secondary N) is 1. The maximum Gasteiger partial charge on any atom is 0.249 e. The van der Waals surface area contributed by atoms with Crippen LogP contribution in [0.25, 0.3) is 16.8 Å². The number of pyridine rings is 2. The molecule has 0 saturated heterocycles. The van der Waals surface area contributed by atoms with Gasteiger partial charge in [0.1, 0.15) is 6.54 Å². The summed E-state index contributed by atoms with van der Waals surface area (Å²) in [4.78, 5) is 20.9. The molecule has 0 atom stereocenters. The van der Waals surface area contributed by atoms with Gasteiger partial charge in [0.2, 0.25) is 17.7 Å². The molecule has 9 nitrogen and oxygen atoms in total.